The van der Waals surface area contributed by atoms with Crippen LogP contribution in [0.4, 0.5) is 8.78 Å². The van der Waals surface area contributed by atoms with Crippen LogP contribution >= 0.6 is 15.9 Å². The highest BCUT2D eigenvalue weighted by molar-refractivity contribution is 9.10. The summed E-state index contributed by atoms with van der Waals surface area (Å²) in [4.78, 5) is 0. The van der Waals surface area contributed by atoms with Crippen molar-refractivity contribution < 1.29 is 8.78 Å². The monoisotopic (exact) mass is 312 g/mol. The Bertz CT molecular complexity index is 540. The molecule has 0 aliphatic heterocycles. The molecule has 18 heavy (non-hydrogen) atoms. The van der Waals surface area contributed by atoms with Gasteiger partial charge in [0.2, 0.25) is 0 Å². The number of hydrazine groups is 1. The van der Waals surface area contributed by atoms with Crippen LogP contribution in [0.3, 0.4) is 0 Å². The summed E-state index contributed by atoms with van der Waals surface area (Å²) < 4.78 is 27.6. The Balaban J connectivity index is 2.48. The van der Waals surface area contributed by atoms with Crippen molar-refractivity contribution in [2.75, 3.05) is 0 Å². The Kier molecular flexibility index (Phi) is 4.06. The average molecular weight is 313 g/mol. The van der Waals surface area contributed by atoms with Crippen molar-refractivity contribution in [3.63, 3.8) is 0 Å². The minimum Gasteiger partial charge on any atom is -0.271 e. The van der Waals surface area contributed by atoms with Crippen molar-refractivity contribution >= 4 is 15.9 Å². The third-order valence-electron chi connectivity index (χ3n) is 2.60. The van der Waals surface area contributed by atoms with Gasteiger partial charge in [0.1, 0.15) is 11.6 Å². The van der Waals surface area contributed by atoms with Crippen molar-refractivity contribution in [3.8, 4) is 0 Å². The molecule has 0 aliphatic rings. The summed E-state index contributed by atoms with van der Waals surface area (Å²) in [6.45, 7) is 0. The molecule has 0 amide bonds. The third kappa shape index (κ3) is 2.75. The maximum atomic E-state index is 13.7. The molecular formula is C13H11BrF2N2. The second-order valence-corrected chi connectivity index (χ2v) is 4.74. The lowest BCUT2D eigenvalue weighted by Crippen LogP contribution is -2.29. The molecule has 0 aromatic heterocycles. The highest BCUT2D eigenvalue weighted by Crippen LogP contribution is 2.26. The van der Waals surface area contributed by atoms with Crippen LogP contribution in [0.5, 0.6) is 0 Å². The SMILES string of the molecule is NNC(c1cc(F)cc(Br)c1)c1ccccc1F. The molecule has 1 atom stereocenters. The average Bonchev–Trinajstić information content (AvgIpc) is 2.31. The highest BCUT2D eigenvalue weighted by Gasteiger charge is 2.17. The Morgan fingerprint density at radius 1 is 1.11 bits per heavy atom. The number of nitrogens with one attached hydrogen (secondary N) is 1. The molecule has 0 aliphatic carbocycles. The van der Waals surface area contributed by atoms with Gasteiger partial charge in [-0.05, 0) is 29.8 Å². The van der Waals surface area contributed by atoms with Crippen LogP contribution in [0.2, 0.25) is 0 Å². The topological polar surface area (TPSA) is 38.0 Å². The smallest absolute Gasteiger partial charge is 0.128 e. The van der Waals surface area contributed by atoms with Gasteiger partial charge in [-0.3, -0.25) is 5.84 Å². The first-order valence-corrected chi connectivity index (χ1v) is 6.07. The number of nitrogens with two attached hydrogens (primary N) is 1. The maximum Gasteiger partial charge on any atom is 0.128 e. The number of rotatable bonds is 3. The number of hydrogen-bond acceptors (Lipinski definition) is 2. The van der Waals surface area contributed by atoms with Crippen molar-refractivity contribution in [2.45, 2.75) is 6.04 Å². The van der Waals surface area contributed by atoms with Gasteiger partial charge in [0, 0.05) is 10.0 Å². The van der Waals surface area contributed by atoms with E-state index in [4.69, 9.17) is 5.84 Å². The number of hydrogen-bond donors (Lipinski definition) is 2. The Hall–Kier alpha value is -1.30. The van der Waals surface area contributed by atoms with Crippen molar-refractivity contribution in [2.24, 2.45) is 5.84 Å². The summed E-state index contributed by atoms with van der Waals surface area (Å²) in [6, 6.07) is 10.00. The van der Waals surface area contributed by atoms with E-state index in [0.29, 0.717) is 15.6 Å². The molecule has 2 nitrogen and oxygen atoms in total. The van der Waals surface area contributed by atoms with Crippen LogP contribution in [0.15, 0.2) is 46.9 Å². The Morgan fingerprint density at radius 3 is 2.44 bits per heavy atom. The maximum absolute atomic E-state index is 13.7. The summed E-state index contributed by atoms with van der Waals surface area (Å²) in [5.74, 6) is 4.66. The minimum absolute atomic E-state index is 0.373. The van der Waals surface area contributed by atoms with Crippen LogP contribution in [0, 0.1) is 11.6 Å². The van der Waals surface area contributed by atoms with Gasteiger partial charge >= 0.3 is 0 Å². The molecule has 0 bridgehead atoms. The van der Waals surface area contributed by atoms with Crippen molar-refractivity contribution in [1.82, 2.24) is 5.43 Å². The fraction of sp³-hybridized carbons (Fsp3) is 0.0769. The normalized spacial score (nSPS) is 12.4. The molecule has 0 heterocycles. The van der Waals surface area contributed by atoms with E-state index >= 15 is 0 Å². The van der Waals surface area contributed by atoms with Gasteiger partial charge in [-0.1, -0.05) is 34.1 Å². The fourth-order valence-corrected chi connectivity index (χ4v) is 2.30. The second-order valence-electron chi connectivity index (χ2n) is 3.82. The summed E-state index contributed by atoms with van der Waals surface area (Å²) >= 11 is 3.20. The molecule has 0 saturated heterocycles. The Morgan fingerprint density at radius 2 is 1.83 bits per heavy atom. The van der Waals surface area contributed by atoms with E-state index in [2.05, 4.69) is 21.4 Å². The van der Waals surface area contributed by atoms with Crippen molar-refractivity contribution in [3.05, 3.63) is 69.7 Å². The quantitative estimate of drug-likeness (QED) is 0.674. The van der Waals surface area contributed by atoms with Gasteiger partial charge < -0.3 is 0 Å². The van der Waals surface area contributed by atoms with E-state index < -0.39 is 11.9 Å². The third-order valence-corrected chi connectivity index (χ3v) is 3.06. The molecule has 0 spiro atoms. The molecule has 0 saturated carbocycles. The van der Waals surface area contributed by atoms with Crippen LogP contribution < -0.4 is 11.3 Å². The number of halogens is 3. The molecule has 5 heteroatoms. The Labute approximate surface area is 112 Å². The van der Waals surface area contributed by atoms with E-state index in [-0.39, 0.29) is 5.82 Å². The van der Waals surface area contributed by atoms with E-state index in [0.717, 1.165) is 0 Å². The standard InChI is InChI=1S/C13H11BrF2N2/c14-9-5-8(6-10(15)7-9)13(18-17)11-3-1-2-4-12(11)16/h1-7,13,18H,17H2. The van der Waals surface area contributed by atoms with Gasteiger partial charge in [-0.15, -0.1) is 0 Å². The molecule has 0 fully saturated rings. The second kappa shape index (κ2) is 5.56. The summed E-state index contributed by atoms with van der Waals surface area (Å²) in [6.07, 6.45) is 0. The summed E-state index contributed by atoms with van der Waals surface area (Å²) in [5.41, 5.74) is 3.43. The van der Waals surface area contributed by atoms with Gasteiger partial charge in [0.05, 0.1) is 6.04 Å². The predicted octanol–water partition coefficient (Wildman–Crippen LogP) is 3.28. The van der Waals surface area contributed by atoms with Gasteiger partial charge in [0.25, 0.3) is 0 Å². The molecule has 2 rings (SSSR count). The zero-order chi connectivity index (χ0) is 13.1. The minimum atomic E-state index is -0.599. The zero-order valence-corrected chi connectivity index (χ0v) is 10.9. The zero-order valence-electron chi connectivity index (χ0n) is 9.33. The molecule has 94 valence electrons. The van der Waals surface area contributed by atoms with Gasteiger partial charge in [-0.2, -0.15) is 0 Å². The van der Waals surface area contributed by atoms with E-state index in [9.17, 15) is 8.78 Å². The summed E-state index contributed by atoms with van der Waals surface area (Å²) in [5, 5.41) is 0. The first kappa shape index (κ1) is 13.1. The van der Waals surface area contributed by atoms with E-state index in [1.165, 1.54) is 18.2 Å². The van der Waals surface area contributed by atoms with Crippen LogP contribution in [0.25, 0.3) is 0 Å². The predicted molar refractivity (Wildman–Crippen MR) is 69.7 cm³/mol. The van der Waals surface area contributed by atoms with Crippen LogP contribution in [-0.4, -0.2) is 0 Å². The summed E-state index contributed by atoms with van der Waals surface area (Å²) in [7, 11) is 0. The van der Waals surface area contributed by atoms with Crippen molar-refractivity contribution in [1.29, 1.82) is 0 Å². The highest BCUT2D eigenvalue weighted by atomic mass is 79.9. The molecular weight excluding hydrogens is 302 g/mol. The van der Waals surface area contributed by atoms with Crippen LogP contribution in [-0.2, 0) is 0 Å². The lowest BCUT2D eigenvalue weighted by molar-refractivity contribution is 0.555. The first-order valence-electron chi connectivity index (χ1n) is 5.28. The molecule has 2 aromatic rings. The molecule has 3 N–H and O–H groups in total. The van der Waals surface area contributed by atoms with E-state index in [1.54, 1.807) is 24.3 Å². The first-order chi connectivity index (χ1) is 8.61. The van der Waals surface area contributed by atoms with Crippen LogP contribution in [0.1, 0.15) is 17.2 Å². The van der Waals surface area contributed by atoms with Gasteiger partial charge in [-0.25, -0.2) is 14.2 Å². The fourth-order valence-electron chi connectivity index (χ4n) is 1.82. The largest absolute Gasteiger partial charge is 0.271 e. The molecule has 2 aromatic carbocycles. The van der Waals surface area contributed by atoms with E-state index in [1.807, 2.05) is 0 Å². The molecule has 1 unspecified atom stereocenters. The molecule has 0 radical (unpaired) electrons. The lowest BCUT2D eigenvalue weighted by Gasteiger charge is -2.18. The van der Waals surface area contributed by atoms with Gasteiger partial charge in [0.15, 0.2) is 0 Å². The number of benzene rings is 2. The lowest BCUT2D eigenvalue weighted by atomic mass is 9.99.